The molecular weight excluding hydrogens is 581 g/mol. The second-order valence-corrected chi connectivity index (χ2v) is 11.0. The minimum absolute atomic E-state index is 0. The number of fused-ring (bicyclic) bond motifs is 2. The van der Waals surface area contributed by atoms with Crippen LogP contribution >= 0.6 is 22.7 Å². The van der Waals surface area contributed by atoms with Gasteiger partial charge in [0.1, 0.15) is 47.6 Å². The number of rotatable bonds is 10. The molecule has 0 radical (unpaired) electrons. The predicted octanol–water partition coefficient (Wildman–Crippen LogP) is 6.37. The van der Waals surface area contributed by atoms with E-state index in [1.165, 1.54) is 7.11 Å². The minimum atomic E-state index is -0.655. The summed E-state index contributed by atoms with van der Waals surface area (Å²) >= 11 is 3.19. The number of ether oxygens (including phenoxy) is 3. The third-order valence-electron chi connectivity index (χ3n) is 5.94. The zero-order chi connectivity index (χ0) is 28.0. The van der Waals surface area contributed by atoms with Gasteiger partial charge in [-0.3, -0.25) is 0 Å². The SMILES string of the molecule is CON=C(C(=O)Oc1ccc(OCc2nc3ccccc3s2)cc1)c1ccc(OCc2nc3ccccc3s2)cc1.[NaH]. The van der Waals surface area contributed by atoms with E-state index in [0.29, 0.717) is 36.0 Å². The van der Waals surface area contributed by atoms with Crippen LogP contribution in [-0.4, -0.2) is 58.3 Å². The Balaban J connectivity index is 0.00000353. The zero-order valence-corrected chi connectivity index (χ0v) is 23.5. The van der Waals surface area contributed by atoms with Gasteiger partial charge in [0.2, 0.25) is 0 Å². The van der Waals surface area contributed by atoms with Crippen LogP contribution in [0.15, 0.2) is 102 Å². The molecule has 206 valence electrons. The van der Waals surface area contributed by atoms with Crippen LogP contribution < -0.4 is 14.2 Å². The van der Waals surface area contributed by atoms with E-state index in [-0.39, 0.29) is 35.3 Å². The maximum atomic E-state index is 13.0. The Hall–Kier alpha value is -3.80. The van der Waals surface area contributed by atoms with E-state index in [4.69, 9.17) is 19.0 Å². The quantitative estimate of drug-likeness (QED) is 0.0589. The van der Waals surface area contributed by atoms with Crippen LogP contribution in [0, 0.1) is 0 Å². The van der Waals surface area contributed by atoms with E-state index in [1.807, 2.05) is 48.5 Å². The fraction of sp³-hybridized carbons (Fsp3) is 0.0968. The van der Waals surface area contributed by atoms with Crippen molar-refractivity contribution < 1.29 is 23.8 Å². The van der Waals surface area contributed by atoms with Crippen molar-refractivity contribution in [3.63, 3.8) is 0 Å². The summed E-state index contributed by atoms with van der Waals surface area (Å²) in [4.78, 5) is 27.0. The van der Waals surface area contributed by atoms with Crippen molar-refractivity contribution in [1.29, 1.82) is 0 Å². The van der Waals surface area contributed by atoms with E-state index >= 15 is 0 Å². The van der Waals surface area contributed by atoms with Gasteiger partial charge in [0, 0.05) is 5.56 Å². The van der Waals surface area contributed by atoms with Gasteiger partial charge < -0.3 is 19.0 Å². The van der Waals surface area contributed by atoms with Gasteiger partial charge in [-0.2, -0.15) is 0 Å². The molecule has 11 heteroatoms. The van der Waals surface area contributed by atoms with Gasteiger partial charge in [-0.15, -0.1) is 22.7 Å². The topological polar surface area (TPSA) is 92.1 Å². The monoisotopic (exact) mass is 605 g/mol. The van der Waals surface area contributed by atoms with Crippen molar-refractivity contribution in [2.24, 2.45) is 5.16 Å². The number of esters is 1. The summed E-state index contributed by atoms with van der Waals surface area (Å²) in [5.74, 6) is 0.968. The first-order valence-electron chi connectivity index (χ1n) is 12.6. The van der Waals surface area contributed by atoms with Crippen LogP contribution in [0.1, 0.15) is 15.6 Å². The summed E-state index contributed by atoms with van der Waals surface area (Å²) in [7, 11) is 1.38. The molecule has 0 N–H and O–H groups in total. The van der Waals surface area contributed by atoms with E-state index < -0.39 is 5.97 Å². The Morgan fingerprint density at radius 3 is 1.67 bits per heavy atom. The Bertz CT molecular complexity index is 1770. The molecule has 0 atom stereocenters. The van der Waals surface area contributed by atoms with E-state index in [1.54, 1.807) is 71.2 Å². The number of thiazole rings is 2. The number of oxime groups is 1. The van der Waals surface area contributed by atoms with Crippen LogP contribution in [0.3, 0.4) is 0 Å². The molecule has 0 aliphatic heterocycles. The van der Waals surface area contributed by atoms with Gasteiger partial charge in [-0.05, 0) is 72.8 Å². The van der Waals surface area contributed by atoms with Crippen LogP contribution in [0.2, 0.25) is 0 Å². The van der Waals surface area contributed by atoms with Crippen molar-refractivity contribution in [3.05, 3.63) is 113 Å². The number of carbonyl (C=O) groups excluding carboxylic acids is 1. The normalized spacial score (nSPS) is 11.2. The molecule has 0 amide bonds. The summed E-state index contributed by atoms with van der Waals surface area (Å²) in [6, 6.07) is 29.7. The molecule has 2 aromatic heterocycles. The molecule has 0 aliphatic carbocycles. The number of aromatic nitrogens is 2. The van der Waals surface area contributed by atoms with Crippen molar-refractivity contribution >= 4 is 84.3 Å². The second-order valence-electron chi connectivity index (χ2n) is 8.74. The van der Waals surface area contributed by atoms with Crippen molar-refractivity contribution in [2.45, 2.75) is 13.2 Å². The summed E-state index contributed by atoms with van der Waals surface area (Å²) in [5, 5.41) is 5.67. The van der Waals surface area contributed by atoms with Gasteiger partial charge in [0.25, 0.3) is 0 Å². The molecule has 8 nitrogen and oxygen atoms in total. The first-order chi connectivity index (χ1) is 20.1. The Morgan fingerprint density at radius 1 is 0.690 bits per heavy atom. The number of benzene rings is 4. The van der Waals surface area contributed by atoms with Gasteiger partial charge in [-0.25, -0.2) is 14.8 Å². The maximum absolute atomic E-state index is 13.0. The average molecular weight is 606 g/mol. The second kappa shape index (κ2) is 13.9. The summed E-state index contributed by atoms with van der Waals surface area (Å²) in [6.07, 6.45) is 0. The standard InChI is InChI=1S/C31H23N3O5S2.Na.H/c1-36-34-30(20-10-12-21(13-11-20)37-18-28-32-24-6-2-4-8-26(24)40-28)31(35)39-23-16-14-22(15-17-23)38-19-29-33-25-7-3-5-9-27(25)41-29;;/h2-17H,18-19H2,1H3;;. The molecule has 0 bridgehead atoms. The fourth-order valence-electron chi connectivity index (χ4n) is 4.02. The predicted molar refractivity (Wildman–Crippen MR) is 167 cm³/mol. The van der Waals surface area contributed by atoms with Gasteiger partial charge >= 0.3 is 35.5 Å². The van der Waals surface area contributed by atoms with Gasteiger partial charge in [0.15, 0.2) is 5.71 Å². The number of hydrogen-bond acceptors (Lipinski definition) is 10. The Labute approximate surface area is 271 Å². The molecule has 2 heterocycles. The first-order valence-corrected chi connectivity index (χ1v) is 14.3. The van der Waals surface area contributed by atoms with E-state index in [9.17, 15) is 4.79 Å². The van der Waals surface area contributed by atoms with Gasteiger partial charge in [0.05, 0.1) is 20.4 Å². The van der Waals surface area contributed by atoms with Crippen LogP contribution in [0.25, 0.3) is 20.4 Å². The Morgan fingerprint density at radius 2 is 1.17 bits per heavy atom. The summed E-state index contributed by atoms with van der Waals surface area (Å²) in [6.45, 7) is 0.698. The summed E-state index contributed by atoms with van der Waals surface area (Å²) in [5.41, 5.74) is 2.47. The van der Waals surface area contributed by atoms with Crippen LogP contribution in [0.5, 0.6) is 17.2 Å². The van der Waals surface area contributed by atoms with E-state index in [0.717, 1.165) is 30.4 Å². The fourth-order valence-corrected chi connectivity index (χ4v) is 5.78. The summed E-state index contributed by atoms with van der Waals surface area (Å²) < 4.78 is 19.5. The number of hydrogen-bond donors (Lipinski definition) is 0. The molecule has 0 aliphatic rings. The third kappa shape index (κ3) is 7.15. The van der Waals surface area contributed by atoms with Crippen molar-refractivity contribution in [1.82, 2.24) is 9.97 Å². The molecule has 6 rings (SSSR count). The Kier molecular flexibility index (Phi) is 9.83. The molecule has 0 unspecified atom stereocenters. The molecule has 6 aromatic rings. The molecule has 0 saturated heterocycles. The third-order valence-corrected chi connectivity index (χ3v) is 7.96. The number of carbonyl (C=O) groups is 1. The van der Waals surface area contributed by atoms with Crippen molar-refractivity contribution in [2.75, 3.05) is 7.11 Å². The first kappa shape index (κ1) is 29.7. The number of nitrogens with zero attached hydrogens (tertiary/aromatic N) is 3. The zero-order valence-electron chi connectivity index (χ0n) is 21.9. The average Bonchev–Trinajstić information content (AvgIpc) is 3.62. The molecule has 42 heavy (non-hydrogen) atoms. The molecular formula is C31H24N3NaO5S2. The van der Waals surface area contributed by atoms with Crippen LogP contribution in [0.4, 0.5) is 0 Å². The molecule has 0 fully saturated rings. The van der Waals surface area contributed by atoms with Gasteiger partial charge in [-0.1, -0.05) is 29.4 Å². The van der Waals surface area contributed by atoms with Crippen LogP contribution in [-0.2, 0) is 22.8 Å². The van der Waals surface area contributed by atoms with Crippen molar-refractivity contribution in [3.8, 4) is 17.2 Å². The molecule has 4 aromatic carbocycles. The van der Waals surface area contributed by atoms with E-state index in [2.05, 4.69) is 15.1 Å². The number of para-hydroxylation sites is 2. The molecule has 0 spiro atoms. The molecule has 0 saturated carbocycles.